The third-order valence-electron chi connectivity index (χ3n) is 6.53. The lowest BCUT2D eigenvalue weighted by Gasteiger charge is -2.50. The molecule has 0 amide bonds. The van der Waals surface area contributed by atoms with E-state index in [0.717, 1.165) is 24.2 Å². The Bertz CT molecular complexity index is 636. The van der Waals surface area contributed by atoms with Crippen LogP contribution in [0.15, 0.2) is 24.3 Å². The van der Waals surface area contributed by atoms with E-state index in [1.807, 2.05) is 39.0 Å². The molecule has 0 radical (unpaired) electrons. The molecule has 3 unspecified atom stereocenters. The lowest BCUT2D eigenvalue weighted by molar-refractivity contribution is -0.211. The summed E-state index contributed by atoms with van der Waals surface area (Å²) in [4.78, 5) is 6.67. The van der Waals surface area contributed by atoms with Crippen LogP contribution in [0.1, 0.15) is 93.2 Å². The van der Waals surface area contributed by atoms with Crippen LogP contribution in [0.5, 0.6) is 5.75 Å². The molecule has 1 heterocycles. The number of nitrogens with zero attached hydrogens (tertiary/aromatic N) is 2. The second kappa shape index (κ2) is 8.73. The van der Waals surface area contributed by atoms with Gasteiger partial charge >= 0.3 is 0 Å². The number of hydrogen-bond donors (Lipinski definition) is 1. The Balaban J connectivity index is 2.44. The minimum absolute atomic E-state index is 0.0394. The maximum absolute atomic E-state index is 11.0. The molecule has 2 rings (SSSR count). The quantitative estimate of drug-likeness (QED) is 0.566. The zero-order valence-corrected chi connectivity index (χ0v) is 19.5. The summed E-state index contributed by atoms with van der Waals surface area (Å²) >= 11 is 0. The van der Waals surface area contributed by atoms with Crippen molar-refractivity contribution in [1.29, 1.82) is 0 Å². The minimum Gasteiger partial charge on any atom is -0.405 e. The van der Waals surface area contributed by atoms with Crippen LogP contribution in [0.3, 0.4) is 0 Å². The summed E-state index contributed by atoms with van der Waals surface area (Å²) in [6.45, 7) is 19.5. The zero-order valence-electron chi connectivity index (χ0n) is 19.5. The van der Waals surface area contributed by atoms with Gasteiger partial charge in [-0.1, -0.05) is 45.9 Å². The molecule has 1 aliphatic heterocycles. The Labute approximate surface area is 172 Å². The smallest absolute Gasteiger partial charge is 0.152 e. The van der Waals surface area contributed by atoms with Crippen molar-refractivity contribution in [3.63, 3.8) is 0 Å². The molecule has 0 saturated carbocycles. The van der Waals surface area contributed by atoms with Crippen molar-refractivity contribution < 1.29 is 10.0 Å². The predicted octanol–water partition coefficient (Wildman–Crippen LogP) is 6.46. The highest BCUT2D eigenvalue weighted by atomic mass is 16.7. The number of rotatable bonds is 6. The van der Waals surface area contributed by atoms with Gasteiger partial charge < -0.3 is 10.0 Å². The van der Waals surface area contributed by atoms with Crippen LogP contribution < -0.4 is 4.84 Å². The molecule has 1 aliphatic rings. The maximum Gasteiger partial charge on any atom is 0.152 e. The average Bonchev–Trinajstić information content (AvgIpc) is 2.60. The van der Waals surface area contributed by atoms with Crippen LogP contribution in [0, 0.1) is 11.8 Å². The molecular weight excluding hydrogens is 348 g/mol. The number of hydroxylamine groups is 4. The summed E-state index contributed by atoms with van der Waals surface area (Å²) in [5.74, 6) is 1.65. The Morgan fingerprint density at radius 1 is 1.21 bits per heavy atom. The molecule has 1 N–H and O–H groups in total. The van der Waals surface area contributed by atoms with Crippen molar-refractivity contribution in [3.8, 4) is 5.75 Å². The summed E-state index contributed by atoms with van der Waals surface area (Å²) in [7, 11) is 0. The van der Waals surface area contributed by atoms with Gasteiger partial charge in [-0.15, -0.1) is 5.06 Å². The summed E-state index contributed by atoms with van der Waals surface area (Å²) < 4.78 is 0. The van der Waals surface area contributed by atoms with E-state index in [-0.39, 0.29) is 23.0 Å². The largest absolute Gasteiger partial charge is 0.405 e. The first-order chi connectivity index (χ1) is 12.9. The molecule has 1 aromatic carbocycles. The standard InChI is InChI=1S/C24H42N2O2/c1-10-19-16-15-18(4)24(8,9)26(19)28-21-14-12-11-13-20(21)22(17(2)3)25(27)23(5,6)7/h11-14,17-19,22,27H,10,15-16H2,1-9H3. The SMILES string of the molecule is CCC1CCC(C)C(C)(C)N1Oc1ccccc1C(C(C)C)N(O)C(C)(C)C. The molecule has 0 aliphatic carbocycles. The Morgan fingerprint density at radius 2 is 1.82 bits per heavy atom. The first-order valence-corrected chi connectivity index (χ1v) is 11.0. The first-order valence-electron chi connectivity index (χ1n) is 11.0. The summed E-state index contributed by atoms with van der Waals surface area (Å²) in [5.41, 5.74) is 0.647. The molecule has 0 spiro atoms. The molecule has 3 atom stereocenters. The summed E-state index contributed by atoms with van der Waals surface area (Å²) in [5, 5.41) is 14.7. The van der Waals surface area contributed by atoms with Crippen molar-refractivity contribution in [2.24, 2.45) is 11.8 Å². The van der Waals surface area contributed by atoms with Crippen molar-refractivity contribution in [2.45, 2.75) is 105 Å². The number of para-hydroxylation sites is 1. The molecule has 28 heavy (non-hydrogen) atoms. The van der Waals surface area contributed by atoms with Crippen molar-refractivity contribution in [3.05, 3.63) is 29.8 Å². The normalized spacial score (nSPS) is 24.6. The molecule has 160 valence electrons. The molecule has 1 aromatic rings. The number of piperidine rings is 1. The molecule has 4 nitrogen and oxygen atoms in total. The molecule has 0 aromatic heterocycles. The van der Waals surface area contributed by atoms with Crippen LogP contribution in [0.2, 0.25) is 0 Å². The molecule has 1 saturated heterocycles. The van der Waals surface area contributed by atoms with E-state index in [2.05, 4.69) is 52.7 Å². The van der Waals surface area contributed by atoms with Crippen LogP contribution in [0.25, 0.3) is 0 Å². The van der Waals surface area contributed by atoms with Gasteiger partial charge in [0.15, 0.2) is 5.75 Å². The molecule has 0 bridgehead atoms. The number of benzene rings is 1. The van der Waals surface area contributed by atoms with E-state index in [9.17, 15) is 5.21 Å². The maximum atomic E-state index is 11.0. The molecule has 1 fully saturated rings. The van der Waals surface area contributed by atoms with Gasteiger partial charge in [0, 0.05) is 17.1 Å². The van der Waals surface area contributed by atoms with Crippen LogP contribution in [-0.4, -0.2) is 32.5 Å². The van der Waals surface area contributed by atoms with Crippen LogP contribution >= 0.6 is 0 Å². The first kappa shape index (κ1) is 23.2. The van der Waals surface area contributed by atoms with E-state index in [4.69, 9.17) is 4.84 Å². The van der Waals surface area contributed by atoms with Gasteiger partial charge in [-0.05, 0) is 71.8 Å². The van der Waals surface area contributed by atoms with Crippen molar-refractivity contribution in [2.75, 3.05) is 0 Å². The lowest BCUT2D eigenvalue weighted by atomic mass is 9.79. The fraction of sp³-hybridized carbons (Fsp3) is 0.750. The van der Waals surface area contributed by atoms with Gasteiger partial charge in [-0.25, -0.2) is 0 Å². The monoisotopic (exact) mass is 390 g/mol. The van der Waals surface area contributed by atoms with Crippen LogP contribution in [-0.2, 0) is 0 Å². The second-order valence-corrected chi connectivity index (χ2v) is 10.4. The van der Waals surface area contributed by atoms with E-state index in [0.29, 0.717) is 12.0 Å². The third kappa shape index (κ3) is 4.72. The van der Waals surface area contributed by atoms with E-state index < -0.39 is 0 Å². The van der Waals surface area contributed by atoms with E-state index in [1.165, 1.54) is 11.5 Å². The summed E-state index contributed by atoms with van der Waals surface area (Å²) in [6, 6.07) is 8.47. The highest BCUT2D eigenvalue weighted by molar-refractivity contribution is 5.36. The Kier molecular flexibility index (Phi) is 7.22. The Morgan fingerprint density at radius 3 is 2.36 bits per heavy atom. The van der Waals surface area contributed by atoms with Crippen molar-refractivity contribution >= 4 is 0 Å². The van der Waals surface area contributed by atoms with E-state index >= 15 is 0 Å². The van der Waals surface area contributed by atoms with Gasteiger partial charge in [0.2, 0.25) is 0 Å². The van der Waals surface area contributed by atoms with E-state index in [1.54, 1.807) is 0 Å². The predicted molar refractivity (Wildman–Crippen MR) is 116 cm³/mol. The highest BCUT2D eigenvalue weighted by Crippen LogP contribution is 2.41. The highest BCUT2D eigenvalue weighted by Gasteiger charge is 2.43. The summed E-state index contributed by atoms with van der Waals surface area (Å²) in [6.07, 6.45) is 3.46. The topological polar surface area (TPSA) is 35.9 Å². The molecule has 4 heteroatoms. The van der Waals surface area contributed by atoms with Gasteiger partial charge in [0.05, 0.1) is 11.6 Å². The lowest BCUT2D eigenvalue weighted by Crippen LogP contribution is -2.58. The van der Waals surface area contributed by atoms with Gasteiger partial charge in [-0.3, -0.25) is 0 Å². The van der Waals surface area contributed by atoms with Gasteiger partial charge in [-0.2, -0.15) is 5.06 Å². The average molecular weight is 391 g/mol. The van der Waals surface area contributed by atoms with Crippen molar-refractivity contribution in [1.82, 2.24) is 10.1 Å². The fourth-order valence-electron chi connectivity index (χ4n) is 4.27. The Hall–Kier alpha value is -1.10. The molecular formula is C24H42N2O2. The van der Waals surface area contributed by atoms with Crippen LogP contribution in [0.4, 0.5) is 0 Å². The third-order valence-corrected chi connectivity index (χ3v) is 6.53. The second-order valence-electron chi connectivity index (χ2n) is 10.4. The minimum atomic E-state index is -0.354. The number of hydrogen-bond acceptors (Lipinski definition) is 4. The van der Waals surface area contributed by atoms with Gasteiger partial charge in [0.25, 0.3) is 0 Å². The fourth-order valence-corrected chi connectivity index (χ4v) is 4.27. The van der Waals surface area contributed by atoms with Gasteiger partial charge in [0.1, 0.15) is 0 Å². The zero-order chi connectivity index (χ0) is 21.3.